The van der Waals surface area contributed by atoms with Crippen LogP contribution in [0.2, 0.25) is 0 Å². The average molecular weight is 166 g/mol. The van der Waals surface area contributed by atoms with Crippen molar-refractivity contribution in [1.82, 2.24) is 4.98 Å². The minimum atomic E-state index is -0.496. The van der Waals surface area contributed by atoms with Crippen LogP contribution in [0.15, 0.2) is 18.5 Å². The molecule has 64 valence electrons. The molecule has 0 saturated heterocycles. The van der Waals surface area contributed by atoms with E-state index in [1.807, 2.05) is 6.92 Å². The van der Waals surface area contributed by atoms with Crippen molar-refractivity contribution in [3.05, 3.63) is 24.0 Å². The molecule has 4 nitrogen and oxygen atoms in total. The standard InChI is InChI=1S/C8H10N2O2/c1-2-12-7-3-6(8(9)11)4-10-5-7/h3-5H,2H2,1H3,(H2,9,11). The molecule has 0 aliphatic heterocycles. The lowest BCUT2D eigenvalue weighted by Crippen LogP contribution is -2.11. The molecule has 1 aromatic heterocycles. The number of rotatable bonds is 3. The van der Waals surface area contributed by atoms with E-state index in [1.54, 1.807) is 6.07 Å². The number of carbonyl (C=O) groups is 1. The lowest BCUT2D eigenvalue weighted by molar-refractivity contribution is 0.0999. The number of pyridine rings is 1. The average Bonchev–Trinajstić information content (AvgIpc) is 2.05. The van der Waals surface area contributed by atoms with E-state index in [4.69, 9.17) is 10.5 Å². The third kappa shape index (κ3) is 1.95. The van der Waals surface area contributed by atoms with Crippen LogP contribution in [0.5, 0.6) is 5.75 Å². The first kappa shape index (κ1) is 8.52. The lowest BCUT2D eigenvalue weighted by Gasteiger charge is -2.02. The van der Waals surface area contributed by atoms with E-state index >= 15 is 0 Å². The van der Waals surface area contributed by atoms with E-state index in [-0.39, 0.29) is 0 Å². The van der Waals surface area contributed by atoms with Crippen molar-refractivity contribution in [2.75, 3.05) is 6.61 Å². The predicted octanol–water partition coefficient (Wildman–Crippen LogP) is 0.579. The number of aromatic nitrogens is 1. The fraction of sp³-hybridized carbons (Fsp3) is 0.250. The Morgan fingerprint density at radius 2 is 2.42 bits per heavy atom. The van der Waals surface area contributed by atoms with Crippen molar-refractivity contribution in [2.45, 2.75) is 6.92 Å². The SMILES string of the molecule is CCOc1cncc(C(N)=O)c1. The van der Waals surface area contributed by atoms with Crippen LogP contribution < -0.4 is 10.5 Å². The zero-order valence-electron chi connectivity index (χ0n) is 6.78. The number of hydrogen-bond donors (Lipinski definition) is 1. The fourth-order valence-corrected chi connectivity index (χ4v) is 0.799. The van der Waals surface area contributed by atoms with Crippen molar-refractivity contribution in [1.29, 1.82) is 0 Å². The van der Waals surface area contributed by atoms with Gasteiger partial charge in [0.1, 0.15) is 5.75 Å². The van der Waals surface area contributed by atoms with Gasteiger partial charge in [0.2, 0.25) is 5.91 Å². The first-order chi connectivity index (χ1) is 5.74. The van der Waals surface area contributed by atoms with Gasteiger partial charge in [-0.15, -0.1) is 0 Å². The van der Waals surface area contributed by atoms with Gasteiger partial charge in [0.15, 0.2) is 0 Å². The van der Waals surface area contributed by atoms with Crippen LogP contribution in [0.1, 0.15) is 17.3 Å². The van der Waals surface area contributed by atoms with Gasteiger partial charge < -0.3 is 10.5 Å². The number of hydrogen-bond acceptors (Lipinski definition) is 3. The number of ether oxygens (including phenoxy) is 1. The molecule has 0 aliphatic carbocycles. The van der Waals surface area contributed by atoms with E-state index in [9.17, 15) is 4.79 Å². The zero-order valence-corrected chi connectivity index (χ0v) is 6.78. The van der Waals surface area contributed by atoms with Gasteiger partial charge in [-0.3, -0.25) is 9.78 Å². The Bertz CT molecular complexity index is 286. The third-order valence-electron chi connectivity index (χ3n) is 1.31. The zero-order chi connectivity index (χ0) is 8.97. The molecule has 1 heterocycles. The molecule has 0 bridgehead atoms. The van der Waals surface area contributed by atoms with E-state index in [1.165, 1.54) is 12.4 Å². The largest absolute Gasteiger partial charge is 0.492 e. The van der Waals surface area contributed by atoms with Crippen molar-refractivity contribution in [3.63, 3.8) is 0 Å². The van der Waals surface area contributed by atoms with Crippen molar-refractivity contribution in [2.24, 2.45) is 5.73 Å². The maximum absolute atomic E-state index is 10.7. The Morgan fingerprint density at radius 1 is 1.67 bits per heavy atom. The van der Waals surface area contributed by atoms with Crippen LogP contribution in [0.25, 0.3) is 0 Å². The second kappa shape index (κ2) is 3.71. The minimum Gasteiger partial charge on any atom is -0.492 e. The van der Waals surface area contributed by atoms with Gasteiger partial charge in [0.05, 0.1) is 18.4 Å². The molecule has 0 atom stereocenters. The summed E-state index contributed by atoms with van der Waals surface area (Å²) in [5.74, 6) is 0.0675. The molecule has 0 aliphatic rings. The van der Waals surface area contributed by atoms with Crippen molar-refractivity contribution < 1.29 is 9.53 Å². The van der Waals surface area contributed by atoms with Gasteiger partial charge in [-0.05, 0) is 13.0 Å². The smallest absolute Gasteiger partial charge is 0.250 e. The van der Waals surface area contributed by atoms with Crippen LogP contribution in [-0.2, 0) is 0 Å². The number of carbonyl (C=O) groups excluding carboxylic acids is 1. The molecule has 12 heavy (non-hydrogen) atoms. The Hall–Kier alpha value is -1.58. The van der Waals surface area contributed by atoms with Gasteiger partial charge >= 0.3 is 0 Å². The molecular formula is C8H10N2O2. The molecule has 4 heteroatoms. The number of nitrogens with zero attached hydrogens (tertiary/aromatic N) is 1. The van der Waals surface area contributed by atoms with E-state index in [0.29, 0.717) is 17.9 Å². The molecule has 1 aromatic rings. The molecule has 0 fully saturated rings. The summed E-state index contributed by atoms with van der Waals surface area (Å²) in [6.45, 7) is 2.40. The van der Waals surface area contributed by atoms with E-state index < -0.39 is 5.91 Å². The molecule has 1 rings (SSSR count). The van der Waals surface area contributed by atoms with Crippen LogP contribution in [0.4, 0.5) is 0 Å². The summed E-state index contributed by atoms with van der Waals surface area (Å²) in [6, 6.07) is 1.57. The number of nitrogens with two attached hydrogens (primary N) is 1. The number of primary amides is 1. The quantitative estimate of drug-likeness (QED) is 0.714. The maximum Gasteiger partial charge on any atom is 0.250 e. The molecule has 0 saturated carbocycles. The van der Waals surface area contributed by atoms with Gasteiger partial charge in [-0.1, -0.05) is 0 Å². The van der Waals surface area contributed by atoms with Gasteiger partial charge in [0.25, 0.3) is 0 Å². The van der Waals surface area contributed by atoms with Crippen LogP contribution >= 0.6 is 0 Å². The fourth-order valence-electron chi connectivity index (χ4n) is 0.799. The van der Waals surface area contributed by atoms with E-state index in [0.717, 1.165) is 0 Å². The first-order valence-corrected chi connectivity index (χ1v) is 3.61. The van der Waals surface area contributed by atoms with Crippen molar-refractivity contribution >= 4 is 5.91 Å². The third-order valence-corrected chi connectivity index (χ3v) is 1.31. The highest BCUT2D eigenvalue weighted by molar-refractivity contribution is 5.92. The van der Waals surface area contributed by atoms with Gasteiger partial charge in [-0.2, -0.15) is 0 Å². The molecular weight excluding hydrogens is 156 g/mol. The van der Waals surface area contributed by atoms with Crippen LogP contribution in [0.3, 0.4) is 0 Å². The van der Waals surface area contributed by atoms with Crippen LogP contribution in [-0.4, -0.2) is 17.5 Å². The minimum absolute atomic E-state index is 0.362. The normalized spacial score (nSPS) is 9.42. The molecule has 0 unspecified atom stereocenters. The monoisotopic (exact) mass is 166 g/mol. The van der Waals surface area contributed by atoms with Gasteiger partial charge in [0, 0.05) is 6.20 Å². The van der Waals surface area contributed by atoms with E-state index in [2.05, 4.69) is 4.98 Å². The lowest BCUT2D eigenvalue weighted by atomic mass is 10.3. The van der Waals surface area contributed by atoms with Gasteiger partial charge in [-0.25, -0.2) is 0 Å². The summed E-state index contributed by atoms with van der Waals surface area (Å²) < 4.78 is 5.13. The summed E-state index contributed by atoms with van der Waals surface area (Å²) in [6.07, 6.45) is 2.95. The summed E-state index contributed by atoms with van der Waals surface area (Å²) in [7, 11) is 0. The highest BCUT2D eigenvalue weighted by Crippen LogP contribution is 2.09. The Morgan fingerprint density at radius 3 is 3.00 bits per heavy atom. The van der Waals surface area contributed by atoms with Crippen LogP contribution in [0, 0.1) is 0 Å². The summed E-state index contributed by atoms with van der Waals surface area (Å²) in [5, 5.41) is 0. The highest BCUT2D eigenvalue weighted by Gasteiger charge is 2.01. The van der Waals surface area contributed by atoms with Crippen molar-refractivity contribution in [3.8, 4) is 5.75 Å². The molecule has 0 aromatic carbocycles. The number of amides is 1. The summed E-state index contributed by atoms with van der Waals surface area (Å²) >= 11 is 0. The topological polar surface area (TPSA) is 65.2 Å². The Labute approximate surface area is 70.4 Å². The summed E-state index contributed by atoms with van der Waals surface area (Å²) in [5.41, 5.74) is 5.41. The highest BCUT2D eigenvalue weighted by atomic mass is 16.5. The molecule has 1 amide bonds. The molecule has 0 radical (unpaired) electrons. The Balaban J connectivity index is 2.88. The molecule has 0 spiro atoms. The maximum atomic E-state index is 10.7. The second-order valence-electron chi connectivity index (χ2n) is 2.21. The Kier molecular flexibility index (Phi) is 2.63. The predicted molar refractivity (Wildman–Crippen MR) is 43.9 cm³/mol. The first-order valence-electron chi connectivity index (χ1n) is 3.61. The summed E-state index contributed by atoms with van der Waals surface area (Å²) in [4.78, 5) is 14.5. The molecule has 2 N–H and O–H groups in total. The second-order valence-corrected chi connectivity index (χ2v) is 2.21.